The highest BCUT2D eigenvalue weighted by Crippen LogP contribution is 2.38. The zero-order valence-electron chi connectivity index (χ0n) is 18.8. The van der Waals surface area contributed by atoms with Crippen LogP contribution in [0.2, 0.25) is 0 Å². The van der Waals surface area contributed by atoms with Crippen molar-refractivity contribution in [2.75, 3.05) is 0 Å². The van der Waals surface area contributed by atoms with E-state index in [1.165, 1.54) is 11.1 Å². The fourth-order valence-electron chi connectivity index (χ4n) is 4.73. The van der Waals surface area contributed by atoms with E-state index >= 15 is 0 Å². The minimum Gasteiger partial charge on any atom is -0.451 e. The Morgan fingerprint density at radius 3 is 1.83 bits per heavy atom. The van der Waals surface area contributed by atoms with E-state index in [4.69, 9.17) is 14.4 Å². The molecule has 0 atom stereocenters. The monoisotopic (exact) mass is 448 g/mol. The Morgan fingerprint density at radius 1 is 0.429 bits per heavy atom. The smallest absolute Gasteiger partial charge is 0.180 e. The Morgan fingerprint density at radius 2 is 1.06 bits per heavy atom. The predicted octanol–water partition coefficient (Wildman–Crippen LogP) is 8.53. The van der Waals surface area contributed by atoms with Crippen molar-refractivity contribution in [2.45, 2.75) is 0 Å². The lowest BCUT2D eigenvalue weighted by atomic mass is 10.0. The molecule has 0 amide bonds. The summed E-state index contributed by atoms with van der Waals surface area (Å²) in [6.07, 6.45) is 0. The molecule has 0 N–H and O–H groups in total. The zero-order valence-corrected chi connectivity index (χ0v) is 18.8. The van der Waals surface area contributed by atoms with E-state index in [1.54, 1.807) is 0 Å². The molecule has 0 unspecified atom stereocenters. The van der Waals surface area contributed by atoms with E-state index < -0.39 is 0 Å². The molecule has 5 aromatic carbocycles. The fraction of sp³-hybridized carbons (Fsp3) is 0. The number of nitrogens with zero attached hydrogens (tertiary/aromatic N) is 2. The lowest BCUT2D eigenvalue weighted by Gasteiger charge is -2.07. The Kier molecular flexibility index (Phi) is 4.46. The molecule has 0 saturated carbocycles. The van der Waals surface area contributed by atoms with Crippen LogP contribution in [0.15, 0.2) is 126 Å². The number of aromatic nitrogens is 2. The molecule has 2 heterocycles. The van der Waals surface area contributed by atoms with Crippen molar-refractivity contribution in [1.29, 1.82) is 0 Å². The maximum atomic E-state index is 6.49. The highest BCUT2D eigenvalue weighted by Gasteiger charge is 2.19. The number of hydrogen-bond donors (Lipinski definition) is 0. The first-order chi connectivity index (χ1) is 17.3. The average molecular weight is 449 g/mol. The summed E-state index contributed by atoms with van der Waals surface area (Å²) in [5.74, 6) is 0.687. The van der Waals surface area contributed by atoms with Crippen LogP contribution < -0.4 is 0 Å². The van der Waals surface area contributed by atoms with Crippen molar-refractivity contribution in [3.8, 4) is 33.8 Å². The molecule has 0 spiro atoms. The van der Waals surface area contributed by atoms with Gasteiger partial charge in [0, 0.05) is 21.9 Å². The molecule has 7 aromatic rings. The molecule has 0 fully saturated rings. The van der Waals surface area contributed by atoms with E-state index in [9.17, 15) is 0 Å². The van der Waals surface area contributed by atoms with Gasteiger partial charge in [-0.3, -0.25) is 0 Å². The first-order valence-corrected chi connectivity index (χ1v) is 11.7. The van der Waals surface area contributed by atoms with Gasteiger partial charge in [-0.15, -0.1) is 0 Å². The minimum absolute atomic E-state index is 0.687. The number of rotatable bonds is 3. The van der Waals surface area contributed by atoms with Gasteiger partial charge in [0.25, 0.3) is 0 Å². The van der Waals surface area contributed by atoms with Gasteiger partial charge in [0.1, 0.15) is 16.8 Å². The quantitative estimate of drug-likeness (QED) is 0.272. The summed E-state index contributed by atoms with van der Waals surface area (Å²) in [4.78, 5) is 10.0. The summed E-state index contributed by atoms with van der Waals surface area (Å²) in [6.45, 7) is 0. The maximum absolute atomic E-state index is 6.49. The van der Waals surface area contributed by atoms with Crippen LogP contribution in [-0.2, 0) is 0 Å². The molecule has 0 aliphatic heterocycles. The van der Waals surface area contributed by atoms with Gasteiger partial charge in [-0.2, -0.15) is 0 Å². The van der Waals surface area contributed by atoms with Crippen molar-refractivity contribution in [2.24, 2.45) is 0 Å². The van der Waals surface area contributed by atoms with Gasteiger partial charge in [0.05, 0.1) is 0 Å². The van der Waals surface area contributed by atoms with Crippen LogP contribution in [0.1, 0.15) is 0 Å². The Bertz CT molecular complexity index is 1820. The highest BCUT2D eigenvalue weighted by molar-refractivity contribution is 6.15. The van der Waals surface area contributed by atoms with Gasteiger partial charge >= 0.3 is 0 Å². The standard InChI is InChI=1S/C32H20N2O/c1-3-9-21(10-4-1)22-15-17-25(18-16-22)32-33-28(24-12-5-2-6-13-24)31-29(34-32)27-20-19-23-11-7-8-14-26(23)30(27)35-31/h1-20H. The number of benzene rings is 5. The van der Waals surface area contributed by atoms with Crippen molar-refractivity contribution in [3.05, 3.63) is 121 Å². The van der Waals surface area contributed by atoms with Crippen LogP contribution in [-0.4, -0.2) is 9.97 Å². The first kappa shape index (κ1) is 19.7. The van der Waals surface area contributed by atoms with Crippen molar-refractivity contribution < 1.29 is 4.42 Å². The molecule has 0 radical (unpaired) electrons. The molecule has 0 bridgehead atoms. The Balaban J connectivity index is 1.48. The molecule has 164 valence electrons. The topological polar surface area (TPSA) is 38.9 Å². The van der Waals surface area contributed by atoms with E-state index in [0.717, 1.165) is 44.1 Å². The third-order valence-corrected chi connectivity index (χ3v) is 6.50. The zero-order chi connectivity index (χ0) is 23.2. The van der Waals surface area contributed by atoms with Crippen LogP contribution in [0.3, 0.4) is 0 Å². The SMILES string of the molecule is c1ccc(-c2ccc(-c3nc(-c4ccccc4)c4oc5c6ccccc6ccc5c4n3)cc2)cc1. The van der Waals surface area contributed by atoms with Gasteiger partial charge in [0.2, 0.25) is 0 Å². The summed E-state index contributed by atoms with van der Waals surface area (Å²) in [6, 6.07) is 41.5. The van der Waals surface area contributed by atoms with Crippen molar-refractivity contribution >= 4 is 32.8 Å². The highest BCUT2D eigenvalue weighted by atomic mass is 16.3. The summed E-state index contributed by atoms with van der Waals surface area (Å²) in [5, 5.41) is 3.22. The first-order valence-electron chi connectivity index (χ1n) is 11.7. The number of fused-ring (bicyclic) bond motifs is 5. The largest absolute Gasteiger partial charge is 0.451 e. The molecule has 7 rings (SSSR count). The Labute approximate surface area is 202 Å². The van der Waals surface area contributed by atoms with Crippen molar-refractivity contribution in [3.63, 3.8) is 0 Å². The molecule has 0 aliphatic rings. The summed E-state index contributed by atoms with van der Waals surface area (Å²) in [5.41, 5.74) is 7.53. The van der Waals surface area contributed by atoms with Crippen LogP contribution >= 0.6 is 0 Å². The third-order valence-electron chi connectivity index (χ3n) is 6.50. The predicted molar refractivity (Wildman–Crippen MR) is 143 cm³/mol. The van der Waals surface area contributed by atoms with E-state index in [2.05, 4.69) is 84.9 Å². The van der Waals surface area contributed by atoms with Crippen LogP contribution in [0.5, 0.6) is 0 Å². The number of furan rings is 1. The maximum Gasteiger partial charge on any atom is 0.180 e. The van der Waals surface area contributed by atoms with E-state index in [-0.39, 0.29) is 0 Å². The summed E-state index contributed by atoms with van der Waals surface area (Å²) < 4.78 is 6.49. The molecular weight excluding hydrogens is 428 g/mol. The molecule has 35 heavy (non-hydrogen) atoms. The van der Waals surface area contributed by atoms with Gasteiger partial charge in [-0.1, -0.05) is 115 Å². The fourth-order valence-corrected chi connectivity index (χ4v) is 4.73. The van der Waals surface area contributed by atoms with Crippen LogP contribution in [0.25, 0.3) is 66.6 Å². The normalized spacial score (nSPS) is 11.4. The van der Waals surface area contributed by atoms with Crippen molar-refractivity contribution in [1.82, 2.24) is 9.97 Å². The molecule has 0 aliphatic carbocycles. The number of hydrogen-bond acceptors (Lipinski definition) is 3. The minimum atomic E-state index is 0.687. The van der Waals surface area contributed by atoms with Gasteiger partial charge < -0.3 is 4.42 Å². The third kappa shape index (κ3) is 3.29. The molecule has 3 nitrogen and oxygen atoms in total. The second-order valence-corrected chi connectivity index (χ2v) is 8.65. The lowest BCUT2D eigenvalue weighted by Crippen LogP contribution is -1.93. The van der Waals surface area contributed by atoms with Gasteiger partial charge in [-0.05, 0) is 22.6 Å². The summed E-state index contributed by atoms with van der Waals surface area (Å²) in [7, 11) is 0. The Hall–Kier alpha value is -4.76. The van der Waals surface area contributed by atoms with Crippen LogP contribution in [0, 0.1) is 0 Å². The van der Waals surface area contributed by atoms with Crippen LogP contribution in [0.4, 0.5) is 0 Å². The van der Waals surface area contributed by atoms with Gasteiger partial charge in [0.15, 0.2) is 11.4 Å². The summed E-state index contributed by atoms with van der Waals surface area (Å²) >= 11 is 0. The molecule has 0 saturated heterocycles. The lowest BCUT2D eigenvalue weighted by molar-refractivity contribution is 0.671. The molecular formula is C32H20N2O. The second kappa shape index (κ2) is 7.93. The molecule has 3 heteroatoms. The average Bonchev–Trinajstić information content (AvgIpc) is 3.33. The molecule has 2 aromatic heterocycles. The van der Waals surface area contributed by atoms with Gasteiger partial charge in [-0.25, -0.2) is 9.97 Å². The van der Waals surface area contributed by atoms with E-state index in [1.807, 2.05) is 36.4 Å². The van der Waals surface area contributed by atoms with E-state index in [0.29, 0.717) is 11.4 Å². The second-order valence-electron chi connectivity index (χ2n) is 8.65.